The molecule has 1 aromatic heterocycles. The van der Waals surface area contributed by atoms with Gasteiger partial charge in [0.15, 0.2) is 0 Å². The maximum Gasteiger partial charge on any atom is 0.336 e. The first-order chi connectivity index (χ1) is 15.4. The van der Waals surface area contributed by atoms with Crippen LogP contribution in [0.25, 0.3) is 11.0 Å². The summed E-state index contributed by atoms with van der Waals surface area (Å²) in [7, 11) is -2.27. The number of methoxy groups -OCH3 is 1. The lowest BCUT2D eigenvalue weighted by Crippen LogP contribution is -2.14. The molecule has 32 heavy (non-hydrogen) atoms. The normalized spacial score (nSPS) is 10.9. The molecule has 3 aromatic carbocycles. The van der Waals surface area contributed by atoms with Crippen molar-refractivity contribution in [3.05, 3.63) is 99.9 Å². The van der Waals surface area contributed by atoms with Crippen LogP contribution in [0.3, 0.4) is 0 Å². The second kappa shape index (κ2) is 8.61. The predicted molar refractivity (Wildman–Crippen MR) is 123 cm³/mol. The van der Waals surface area contributed by atoms with E-state index in [-0.39, 0.29) is 10.6 Å². The van der Waals surface area contributed by atoms with Crippen LogP contribution >= 0.6 is 0 Å². The van der Waals surface area contributed by atoms with E-state index in [1.165, 1.54) is 12.1 Å². The van der Waals surface area contributed by atoms with Crippen molar-refractivity contribution in [2.45, 2.75) is 11.8 Å². The van der Waals surface area contributed by atoms with Gasteiger partial charge in [-0.1, -0.05) is 29.5 Å². The Hall–Kier alpha value is -4.02. The fourth-order valence-corrected chi connectivity index (χ4v) is 4.17. The van der Waals surface area contributed by atoms with E-state index in [9.17, 15) is 13.2 Å². The number of sulfonamides is 1. The molecule has 6 nitrogen and oxygen atoms in total. The highest BCUT2D eigenvalue weighted by atomic mass is 32.2. The van der Waals surface area contributed by atoms with Crippen LogP contribution in [0.2, 0.25) is 0 Å². The molecule has 1 heterocycles. The Morgan fingerprint density at radius 3 is 2.28 bits per heavy atom. The molecule has 0 fully saturated rings. The van der Waals surface area contributed by atoms with E-state index < -0.39 is 15.6 Å². The molecule has 0 saturated carbocycles. The Morgan fingerprint density at radius 1 is 0.875 bits per heavy atom. The summed E-state index contributed by atoms with van der Waals surface area (Å²) < 4.78 is 38.9. The van der Waals surface area contributed by atoms with E-state index in [1.807, 2.05) is 6.92 Å². The van der Waals surface area contributed by atoms with E-state index in [1.54, 1.807) is 67.8 Å². The van der Waals surface area contributed by atoms with Crippen LogP contribution in [0.5, 0.6) is 5.75 Å². The van der Waals surface area contributed by atoms with Gasteiger partial charge < -0.3 is 9.15 Å². The highest BCUT2D eigenvalue weighted by molar-refractivity contribution is 7.92. The summed E-state index contributed by atoms with van der Waals surface area (Å²) >= 11 is 0. The van der Waals surface area contributed by atoms with Crippen molar-refractivity contribution in [2.24, 2.45) is 0 Å². The fourth-order valence-electron chi connectivity index (χ4n) is 3.10. The zero-order chi connectivity index (χ0) is 22.7. The molecule has 7 heteroatoms. The summed E-state index contributed by atoms with van der Waals surface area (Å²) in [6, 6.07) is 19.6. The number of nitrogens with one attached hydrogen (secondary N) is 1. The monoisotopic (exact) mass is 445 g/mol. The van der Waals surface area contributed by atoms with Gasteiger partial charge in [-0.15, -0.1) is 0 Å². The van der Waals surface area contributed by atoms with Gasteiger partial charge >= 0.3 is 5.63 Å². The Bertz CT molecular complexity index is 1510. The van der Waals surface area contributed by atoms with Crippen molar-refractivity contribution in [2.75, 3.05) is 11.8 Å². The molecule has 0 aliphatic heterocycles. The van der Waals surface area contributed by atoms with Gasteiger partial charge in [-0.2, -0.15) is 0 Å². The van der Waals surface area contributed by atoms with Gasteiger partial charge in [0, 0.05) is 17.0 Å². The first-order valence-electron chi connectivity index (χ1n) is 9.68. The second-order valence-electron chi connectivity index (χ2n) is 7.05. The van der Waals surface area contributed by atoms with Gasteiger partial charge in [0.05, 0.1) is 23.3 Å². The van der Waals surface area contributed by atoms with Crippen LogP contribution in [0.15, 0.2) is 86.9 Å². The van der Waals surface area contributed by atoms with Crippen molar-refractivity contribution in [3.63, 3.8) is 0 Å². The van der Waals surface area contributed by atoms with Crippen molar-refractivity contribution >= 4 is 26.7 Å². The van der Waals surface area contributed by atoms with Gasteiger partial charge in [0.25, 0.3) is 10.0 Å². The number of hydrogen-bond donors (Lipinski definition) is 1. The molecule has 0 amide bonds. The van der Waals surface area contributed by atoms with Crippen LogP contribution in [-0.4, -0.2) is 15.5 Å². The minimum absolute atomic E-state index is 0.136. The molecule has 0 bridgehead atoms. The van der Waals surface area contributed by atoms with E-state index >= 15 is 0 Å². The van der Waals surface area contributed by atoms with Crippen molar-refractivity contribution in [3.8, 4) is 17.6 Å². The lowest BCUT2D eigenvalue weighted by atomic mass is 10.1. The lowest BCUT2D eigenvalue weighted by Gasteiger charge is -2.12. The third-order valence-electron chi connectivity index (χ3n) is 4.80. The Labute approximate surface area is 185 Å². The number of aryl methyl sites for hydroxylation is 1. The van der Waals surface area contributed by atoms with Crippen molar-refractivity contribution < 1.29 is 17.6 Å². The summed E-state index contributed by atoms with van der Waals surface area (Å²) in [5.41, 5.74) is 2.17. The molecule has 0 atom stereocenters. The number of ether oxygens (including phenoxy) is 1. The topological polar surface area (TPSA) is 85.6 Å². The maximum atomic E-state index is 13.0. The summed E-state index contributed by atoms with van der Waals surface area (Å²) in [4.78, 5) is 11.8. The van der Waals surface area contributed by atoms with Gasteiger partial charge in [-0.25, -0.2) is 13.2 Å². The molecule has 0 unspecified atom stereocenters. The Kier molecular flexibility index (Phi) is 5.71. The summed E-state index contributed by atoms with van der Waals surface area (Å²) in [5.74, 6) is 6.77. The number of benzene rings is 3. The Morgan fingerprint density at radius 2 is 1.59 bits per heavy atom. The SMILES string of the molecule is COc1ccc(C#Cc2c(NS(=O)(=O)c3ccc(C)cc3)ccc3oc(=O)ccc23)cc1. The molecule has 160 valence electrons. The smallest absolute Gasteiger partial charge is 0.336 e. The maximum absolute atomic E-state index is 13.0. The number of fused-ring (bicyclic) bond motifs is 1. The zero-order valence-corrected chi connectivity index (χ0v) is 18.2. The van der Waals surface area contributed by atoms with Gasteiger partial charge in [0.2, 0.25) is 0 Å². The molecule has 4 aromatic rings. The number of hydrogen-bond acceptors (Lipinski definition) is 5. The molecule has 0 aliphatic carbocycles. The molecular weight excluding hydrogens is 426 g/mol. The van der Waals surface area contributed by atoms with E-state index in [4.69, 9.17) is 9.15 Å². The van der Waals surface area contributed by atoms with Gasteiger partial charge in [0.1, 0.15) is 11.3 Å². The third kappa shape index (κ3) is 4.51. The summed E-state index contributed by atoms with van der Waals surface area (Å²) in [6.45, 7) is 1.88. The Balaban J connectivity index is 1.82. The lowest BCUT2D eigenvalue weighted by molar-refractivity contribution is 0.415. The predicted octanol–water partition coefficient (Wildman–Crippen LogP) is 4.31. The minimum atomic E-state index is -3.85. The van der Waals surface area contributed by atoms with Gasteiger partial charge in [-0.3, -0.25) is 4.72 Å². The van der Waals surface area contributed by atoms with E-state index in [2.05, 4.69) is 16.6 Å². The summed E-state index contributed by atoms with van der Waals surface area (Å²) in [6.07, 6.45) is 0. The molecule has 0 saturated heterocycles. The van der Waals surface area contributed by atoms with Crippen LogP contribution in [0.1, 0.15) is 16.7 Å². The zero-order valence-electron chi connectivity index (χ0n) is 17.4. The van der Waals surface area contributed by atoms with Crippen LogP contribution in [0.4, 0.5) is 5.69 Å². The highest BCUT2D eigenvalue weighted by Crippen LogP contribution is 2.27. The molecule has 1 N–H and O–H groups in total. The highest BCUT2D eigenvalue weighted by Gasteiger charge is 2.17. The number of rotatable bonds is 4. The number of anilines is 1. The van der Waals surface area contributed by atoms with Gasteiger partial charge in [-0.05, 0) is 61.5 Å². The van der Waals surface area contributed by atoms with E-state index in [0.717, 1.165) is 5.56 Å². The largest absolute Gasteiger partial charge is 0.497 e. The first-order valence-corrected chi connectivity index (χ1v) is 11.2. The van der Waals surface area contributed by atoms with E-state index in [0.29, 0.717) is 27.8 Å². The average Bonchev–Trinajstić information content (AvgIpc) is 2.78. The van der Waals surface area contributed by atoms with Crippen LogP contribution < -0.4 is 15.1 Å². The van der Waals surface area contributed by atoms with Crippen molar-refractivity contribution in [1.29, 1.82) is 0 Å². The molecule has 4 rings (SSSR count). The second-order valence-corrected chi connectivity index (χ2v) is 8.73. The molecule has 0 aliphatic rings. The van der Waals surface area contributed by atoms with Crippen LogP contribution in [-0.2, 0) is 10.0 Å². The first kappa shape index (κ1) is 21.2. The quantitative estimate of drug-likeness (QED) is 0.374. The average molecular weight is 445 g/mol. The standard InChI is InChI=1S/C25H19NO5S/c1-17-3-10-20(11-4-17)32(28,29)26-23-14-15-24-22(13-16-25(27)31-24)21(23)12-7-18-5-8-19(30-2)9-6-18/h3-6,8-11,13-16,26H,1-2H3. The minimum Gasteiger partial charge on any atom is -0.497 e. The molecular formula is C25H19NO5S. The van der Waals surface area contributed by atoms with Crippen LogP contribution in [0, 0.1) is 18.8 Å². The van der Waals surface area contributed by atoms with Crippen molar-refractivity contribution in [1.82, 2.24) is 0 Å². The molecule has 0 radical (unpaired) electrons. The summed E-state index contributed by atoms with van der Waals surface area (Å²) in [5, 5.41) is 0.523. The third-order valence-corrected chi connectivity index (χ3v) is 6.18. The fraction of sp³-hybridized carbons (Fsp3) is 0.0800. The molecule has 0 spiro atoms.